The Balaban J connectivity index is 1.45. The van der Waals surface area contributed by atoms with Crippen LogP contribution >= 0.6 is 11.6 Å². The Bertz CT molecular complexity index is 1600. The van der Waals surface area contributed by atoms with Gasteiger partial charge in [0.15, 0.2) is 0 Å². The van der Waals surface area contributed by atoms with Gasteiger partial charge < -0.3 is 9.30 Å². The first-order valence-electron chi connectivity index (χ1n) is 11.1. The molecule has 0 bridgehead atoms. The summed E-state index contributed by atoms with van der Waals surface area (Å²) < 4.78 is 8.16. The summed E-state index contributed by atoms with van der Waals surface area (Å²) in [5.41, 5.74) is 5.72. The van der Waals surface area contributed by atoms with Crippen LogP contribution in [0.4, 0.5) is 0 Å². The summed E-state index contributed by atoms with van der Waals surface area (Å²) in [6.07, 6.45) is 7.13. The van der Waals surface area contributed by atoms with Crippen LogP contribution in [0, 0.1) is 0 Å². The van der Waals surface area contributed by atoms with Crippen molar-refractivity contribution in [2.45, 2.75) is 0 Å². The lowest BCUT2D eigenvalue weighted by Gasteiger charge is -2.14. The number of imidazole rings is 1. The third kappa shape index (κ3) is 4.25. The van der Waals surface area contributed by atoms with Crippen molar-refractivity contribution in [1.29, 1.82) is 0 Å². The second-order valence-electron chi connectivity index (χ2n) is 8.01. The van der Waals surface area contributed by atoms with Crippen LogP contribution in [0.1, 0.15) is 0 Å². The molecule has 0 fully saturated rings. The van der Waals surface area contributed by atoms with E-state index < -0.39 is 0 Å². The standard InChI is InChI=1S/C29H19ClN4O/c30-22-8-6-21(7-9-22)28-25(20-4-2-1-3-5-20)18-26-27(33-28)14-15-32-29(26)35-24-12-10-23(11-13-24)34-17-16-31-19-34/h1-19H. The zero-order chi connectivity index (χ0) is 23.6. The van der Waals surface area contributed by atoms with Crippen LogP contribution in [0.5, 0.6) is 11.6 Å². The van der Waals surface area contributed by atoms with Crippen LogP contribution in [0.15, 0.2) is 116 Å². The number of hydrogen-bond acceptors (Lipinski definition) is 4. The van der Waals surface area contributed by atoms with Crippen LogP contribution < -0.4 is 4.74 Å². The molecule has 3 aromatic heterocycles. The number of pyridine rings is 2. The van der Waals surface area contributed by atoms with Gasteiger partial charge in [0, 0.05) is 40.4 Å². The number of aromatic nitrogens is 4. The molecule has 6 heteroatoms. The fourth-order valence-corrected chi connectivity index (χ4v) is 4.15. The Kier molecular flexibility index (Phi) is 5.45. The normalized spacial score (nSPS) is 11.0. The van der Waals surface area contributed by atoms with Gasteiger partial charge in [-0.2, -0.15) is 0 Å². The molecule has 0 unspecified atom stereocenters. The molecule has 0 amide bonds. The quantitative estimate of drug-likeness (QED) is 0.258. The van der Waals surface area contributed by atoms with Crippen LogP contribution in [0.3, 0.4) is 0 Å². The summed E-state index contributed by atoms with van der Waals surface area (Å²) in [7, 11) is 0. The molecule has 168 valence electrons. The first kappa shape index (κ1) is 21.1. The van der Waals surface area contributed by atoms with Gasteiger partial charge in [0.2, 0.25) is 5.88 Å². The maximum absolute atomic E-state index is 6.22. The van der Waals surface area contributed by atoms with Gasteiger partial charge in [-0.3, -0.25) is 0 Å². The van der Waals surface area contributed by atoms with E-state index in [9.17, 15) is 0 Å². The third-order valence-electron chi connectivity index (χ3n) is 5.76. The molecule has 0 N–H and O–H groups in total. The maximum atomic E-state index is 6.22. The topological polar surface area (TPSA) is 52.8 Å². The van der Waals surface area contributed by atoms with Crippen LogP contribution in [0.2, 0.25) is 5.02 Å². The number of halogens is 1. The fraction of sp³-hybridized carbons (Fsp3) is 0. The molecule has 0 saturated heterocycles. The van der Waals surface area contributed by atoms with Gasteiger partial charge in [0.25, 0.3) is 0 Å². The average Bonchev–Trinajstić information content (AvgIpc) is 3.45. The third-order valence-corrected chi connectivity index (χ3v) is 6.01. The highest BCUT2D eigenvalue weighted by atomic mass is 35.5. The molecular weight excluding hydrogens is 456 g/mol. The van der Waals surface area contributed by atoms with E-state index in [1.54, 1.807) is 18.7 Å². The minimum Gasteiger partial charge on any atom is -0.438 e. The monoisotopic (exact) mass is 474 g/mol. The molecule has 6 aromatic rings. The van der Waals surface area contributed by atoms with Crippen molar-refractivity contribution < 1.29 is 4.74 Å². The number of hydrogen-bond donors (Lipinski definition) is 0. The van der Waals surface area contributed by atoms with E-state index in [0.29, 0.717) is 16.7 Å². The molecule has 0 radical (unpaired) electrons. The lowest BCUT2D eigenvalue weighted by atomic mass is 9.98. The predicted octanol–water partition coefficient (Wildman–Crippen LogP) is 7.60. The highest BCUT2D eigenvalue weighted by molar-refractivity contribution is 6.30. The van der Waals surface area contributed by atoms with E-state index in [-0.39, 0.29) is 0 Å². The van der Waals surface area contributed by atoms with Crippen molar-refractivity contribution in [1.82, 2.24) is 19.5 Å². The Morgan fingerprint density at radius 1 is 0.771 bits per heavy atom. The second-order valence-corrected chi connectivity index (χ2v) is 8.44. The summed E-state index contributed by atoms with van der Waals surface area (Å²) in [5, 5.41) is 1.53. The Morgan fingerprint density at radius 3 is 2.31 bits per heavy atom. The van der Waals surface area contributed by atoms with Crippen LogP contribution in [0.25, 0.3) is 39.0 Å². The number of benzene rings is 3. The van der Waals surface area contributed by atoms with Gasteiger partial charge in [-0.1, -0.05) is 54.1 Å². The predicted molar refractivity (Wildman–Crippen MR) is 139 cm³/mol. The van der Waals surface area contributed by atoms with E-state index in [2.05, 4.69) is 28.2 Å². The molecule has 0 atom stereocenters. The van der Waals surface area contributed by atoms with Gasteiger partial charge in [-0.25, -0.2) is 15.0 Å². The average molecular weight is 475 g/mol. The molecule has 3 aromatic carbocycles. The van der Waals surface area contributed by atoms with Crippen molar-refractivity contribution in [3.63, 3.8) is 0 Å². The largest absolute Gasteiger partial charge is 0.438 e. The van der Waals surface area contributed by atoms with Gasteiger partial charge in [0.1, 0.15) is 5.75 Å². The molecule has 0 saturated carbocycles. The van der Waals surface area contributed by atoms with Gasteiger partial charge >= 0.3 is 0 Å². The zero-order valence-electron chi connectivity index (χ0n) is 18.5. The summed E-state index contributed by atoms with van der Waals surface area (Å²) in [6.45, 7) is 0. The fourth-order valence-electron chi connectivity index (χ4n) is 4.03. The number of ether oxygens (including phenoxy) is 1. The summed E-state index contributed by atoms with van der Waals surface area (Å²) in [5.74, 6) is 1.20. The molecule has 3 heterocycles. The summed E-state index contributed by atoms with van der Waals surface area (Å²) >= 11 is 6.14. The van der Waals surface area contributed by atoms with E-state index >= 15 is 0 Å². The smallest absolute Gasteiger partial charge is 0.228 e. The van der Waals surface area contributed by atoms with Crippen molar-refractivity contribution in [2.75, 3.05) is 0 Å². The molecule has 0 aliphatic carbocycles. The Labute approximate surface area is 207 Å². The van der Waals surface area contributed by atoms with Crippen molar-refractivity contribution in [2.24, 2.45) is 0 Å². The van der Waals surface area contributed by atoms with Crippen molar-refractivity contribution in [3.8, 4) is 39.7 Å². The minimum atomic E-state index is 0.505. The van der Waals surface area contributed by atoms with E-state index in [4.69, 9.17) is 21.3 Å². The maximum Gasteiger partial charge on any atom is 0.228 e. The van der Waals surface area contributed by atoms with Crippen molar-refractivity contribution in [3.05, 3.63) is 121 Å². The van der Waals surface area contributed by atoms with Gasteiger partial charge in [-0.05, 0) is 54.1 Å². The number of nitrogens with zero attached hydrogens (tertiary/aromatic N) is 4. The van der Waals surface area contributed by atoms with E-state index in [0.717, 1.165) is 39.0 Å². The first-order chi connectivity index (χ1) is 17.2. The lowest BCUT2D eigenvalue weighted by Crippen LogP contribution is -1.95. The van der Waals surface area contributed by atoms with Gasteiger partial charge in [-0.15, -0.1) is 0 Å². The number of fused-ring (bicyclic) bond motifs is 1. The molecular formula is C29H19ClN4O. The highest BCUT2D eigenvalue weighted by Crippen LogP contribution is 2.37. The van der Waals surface area contributed by atoms with Crippen LogP contribution in [-0.4, -0.2) is 19.5 Å². The Morgan fingerprint density at radius 2 is 1.57 bits per heavy atom. The summed E-state index contributed by atoms with van der Waals surface area (Å²) in [4.78, 5) is 13.7. The molecule has 35 heavy (non-hydrogen) atoms. The van der Waals surface area contributed by atoms with Crippen molar-refractivity contribution >= 4 is 22.5 Å². The minimum absolute atomic E-state index is 0.505. The molecule has 0 aliphatic rings. The van der Waals surface area contributed by atoms with E-state index in [1.165, 1.54) is 0 Å². The molecule has 0 spiro atoms. The summed E-state index contributed by atoms with van der Waals surface area (Å²) in [6, 6.07) is 29.7. The number of rotatable bonds is 5. The highest BCUT2D eigenvalue weighted by Gasteiger charge is 2.15. The lowest BCUT2D eigenvalue weighted by molar-refractivity contribution is 0.469. The SMILES string of the molecule is Clc1ccc(-c2nc3ccnc(Oc4ccc(-n5ccnc5)cc4)c3cc2-c2ccccc2)cc1. The first-order valence-corrected chi connectivity index (χ1v) is 11.5. The van der Waals surface area contributed by atoms with Crippen LogP contribution in [-0.2, 0) is 0 Å². The second kappa shape index (κ2) is 9.05. The molecule has 0 aliphatic heterocycles. The zero-order valence-corrected chi connectivity index (χ0v) is 19.3. The Hall–Kier alpha value is -4.48. The van der Waals surface area contributed by atoms with Gasteiger partial charge in [0.05, 0.1) is 22.9 Å². The molecule has 5 nitrogen and oxygen atoms in total. The van der Waals surface area contributed by atoms with E-state index in [1.807, 2.05) is 83.6 Å². The molecule has 6 rings (SSSR count).